The summed E-state index contributed by atoms with van der Waals surface area (Å²) in [6, 6.07) is 11.4. The van der Waals surface area contributed by atoms with Crippen LogP contribution in [0.3, 0.4) is 0 Å². The number of benzene rings is 1. The quantitative estimate of drug-likeness (QED) is 0.250. The molecule has 230 valence electrons. The molecule has 12 heteroatoms. The first kappa shape index (κ1) is 30.3. The summed E-state index contributed by atoms with van der Waals surface area (Å²) in [4.78, 5) is 38.7. The molecule has 4 aromatic rings. The lowest BCUT2D eigenvalue weighted by Gasteiger charge is -2.19. The van der Waals surface area contributed by atoms with Gasteiger partial charge in [-0.25, -0.2) is 0 Å². The maximum Gasteiger partial charge on any atom is 0.242 e. The van der Waals surface area contributed by atoms with Gasteiger partial charge in [0.25, 0.3) is 0 Å². The molecule has 2 heterocycles. The molecule has 2 atom stereocenters. The molecule has 0 aliphatic heterocycles. The Bertz CT molecular complexity index is 1770. The first-order valence-corrected chi connectivity index (χ1v) is 14.4. The van der Waals surface area contributed by atoms with E-state index in [2.05, 4.69) is 26.1 Å². The first-order chi connectivity index (χ1) is 21.2. The van der Waals surface area contributed by atoms with Crippen LogP contribution in [-0.4, -0.2) is 60.3 Å². The number of hydrogen-bond acceptors (Lipinski definition) is 9. The zero-order chi connectivity index (χ0) is 31.4. The number of nitrogens with zero attached hydrogens (tertiary/aromatic N) is 3. The average molecular weight is 601 g/mol. The molecule has 1 aliphatic rings. The summed E-state index contributed by atoms with van der Waals surface area (Å²) in [7, 11) is 4.65. The van der Waals surface area contributed by atoms with E-state index in [4.69, 9.17) is 14.2 Å². The van der Waals surface area contributed by atoms with Gasteiger partial charge >= 0.3 is 0 Å². The van der Waals surface area contributed by atoms with Crippen molar-refractivity contribution in [3.05, 3.63) is 75.8 Å². The van der Waals surface area contributed by atoms with E-state index in [1.165, 1.54) is 20.1 Å². The number of anilines is 1. The SMILES string of the molecule is COc1cc2c(c(OC)c1OC)-c1ccc(N[C@@H](C)C(=O)NCCc3nnc4ccccn34)c(=O)cc1[C@@H](NC(C)=O)CC2. The topological polar surface area (TPSA) is 145 Å². The van der Waals surface area contributed by atoms with Gasteiger partial charge in [-0.3, -0.25) is 18.8 Å². The number of aromatic nitrogens is 3. The number of carbonyl (C=O) groups is 2. The Morgan fingerprint density at radius 2 is 1.84 bits per heavy atom. The van der Waals surface area contributed by atoms with Crippen LogP contribution >= 0.6 is 0 Å². The molecule has 1 aliphatic carbocycles. The number of fused-ring (bicyclic) bond motifs is 4. The molecule has 0 radical (unpaired) electrons. The third kappa shape index (κ3) is 6.01. The number of rotatable bonds is 10. The van der Waals surface area contributed by atoms with Gasteiger partial charge in [-0.1, -0.05) is 12.1 Å². The minimum Gasteiger partial charge on any atom is -0.493 e. The fourth-order valence-electron chi connectivity index (χ4n) is 5.64. The number of pyridine rings is 1. The molecule has 0 spiro atoms. The lowest BCUT2D eigenvalue weighted by atomic mass is 9.95. The summed E-state index contributed by atoms with van der Waals surface area (Å²) in [5.41, 5.74) is 3.68. The number of carbonyl (C=O) groups excluding carboxylic acids is 2. The predicted molar refractivity (Wildman–Crippen MR) is 165 cm³/mol. The van der Waals surface area contributed by atoms with Crippen LogP contribution < -0.4 is 35.6 Å². The molecule has 0 bridgehead atoms. The van der Waals surface area contributed by atoms with Crippen LogP contribution in [-0.2, 0) is 22.4 Å². The van der Waals surface area contributed by atoms with Gasteiger partial charge in [0.05, 0.1) is 33.1 Å². The fourth-order valence-corrected chi connectivity index (χ4v) is 5.64. The zero-order valence-corrected chi connectivity index (χ0v) is 25.4. The Hall–Kier alpha value is -5.13. The fraction of sp³-hybridized carbons (Fsp3) is 0.344. The van der Waals surface area contributed by atoms with E-state index in [0.717, 1.165) is 22.6 Å². The average Bonchev–Trinajstić information content (AvgIpc) is 3.29. The maximum atomic E-state index is 13.6. The van der Waals surface area contributed by atoms with Gasteiger partial charge in [0.15, 0.2) is 17.1 Å². The molecular weight excluding hydrogens is 564 g/mol. The summed E-state index contributed by atoms with van der Waals surface area (Å²) in [6.45, 7) is 3.49. The number of methoxy groups -OCH3 is 3. The van der Waals surface area contributed by atoms with Crippen molar-refractivity contribution in [2.75, 3.05) is 33.2 Å². The van der Waals surface area contributed by atoms with E-state index in [0.29, 0.717) is 54.2 Å². The lowest BCUT2D eigenvalue weighted by molar-refractivity contribution is -0.121. The highest BCUT2D eigenvalue weighted by atomic mass is 16.5. The molecule has 2 aromatic carbocycles. The van der Waals surface area contributed by atoms with Crippen LogP contribution in [0.5, 0.6) is 17.2 Å². The molecule has 0 unspecified atom stereocenters. The normalized spacial score (nSPS) is 14.4. The van der Waals surface area contributed by atoms with Gasteiger partial charge in [0.2, 0.25) is 23.0 Å². The van der Waals surface area contributed by atoms with Crippen molar-refractivity contribution in [3.63, 3.8) is 0 Å². The second-order valence-corrected chi connectivity index (χ2v) is 10.5. The van der Waals surface area contributed by atoms with Gasteiger partial charge in [-0.15, -0.1) is 10.2 Å². The minimum absolute atomic E-state index is 0.212. The third-order valence-corrected chi connectivity index (χ3v) is 7.71. The molecular formula is C32H36N6O6. The van der Waals surface area contributed by atoms with Crippen molar-refractivity contribution in [1.82, 2.24) is 25.2 Å². The Labute approximate surface area is 254 Å². The molecule has 2 aromatic heterocycles. The molecule has 0 saturated carbocycles. The number of ether oxygens (including phenoxy) is 3. The van der Waals surface area contributed by atoms with Gasteiger partial charge in [0, 0.05) is 31.6 Å². The van der Waals surface area contributed by atoms with Gasteiger partial charge in [0.1, 0.15) is 11.9 Å². The Balaban J connectivity index is 1.44. The number of nitrogens with one attached hydrogen (secondary N) is 3. The van der Waals surface area contributed by atoms with Crippen molar-refractivity contribution in [1.29, 1.82) is 0 Å². The Morgan fingerprint density at radius 3 is 2.57 bits per heavy atom. The second-order valence-electron chi connectivity index (χ2n) is 10.5. The van der Waals surface area contributed by atoms with E-state index in [1.54, 1.807) is 27.2 Å². The largest absolute Gasteiger partial charge is 0.493 e. The summed E-state index contributed by atoms with van der Waals surface area (Å²) in [5, 5.41) is 17.3. The number of amides is 2. The standard InChI is InChI=1S/C32H36N6O6/c1-18(32(41)33-14-13-28-37-36-27-8-6-7-15-38(27)28)34-24-12-10-21-22(17-25(24)40)23(35-19(2)39)11-9-20-16-26(42-3)30(43-4)31(44-5)29(20)21/h6-8,10,12,15-18,23H,9,11,13-14H2,1-5H3,(H,33,41)(H,34,40)(H,35,39)/t18-,23-/m0/s1. The smallest absolute Gasteiger partial charge is 0.242 e. The van der Waals surface area contributed by atoms with Crippen LogP contribution in [0.2, 0.25) is 0 Å². The zero-order valence-electron chi connectivity index (χ0n) is 25.4. The lowest BCUT2D eigenvalue weighted by Crippen LogP contribution is -2.39. The van der Waals surface area contributed by atoms with Crippen LogP contribution in [0, 0.1) is 0 Å². The molecule has 12 nitrogen and oxygen atoms in total. The molecule has 3 N–H and O–H groups in total. The molecule has 2 amide bonds. The van der Waals surface area contributed by atoms with E-state index >= 15 is 0 Å². The predicted octanol–water partition coefficient (Wildman–Crippen LogP) is 3.07. The maximum absolute atomic E-state index is 13.6. The first-order valence-electron chi connectivity index (χ1n) is 14.4. The summed E-state index contributed by atoms with van der Waals surface area (Å²) < 4.78 is 18.9. The highest BCUT2D eigenvalue weighted by molar-refractivity contribution is 5.85. The van der Waals surface area contributed by atoms with E-state index in [1.807, 2.05) is 40.9 Å². The summed E-state index contributed by atoms with van der Waals surface area (Å²) in [5.74, 6) is 1.66. The van der Waals surface area contributed by atoms with E-state index < -0.39 is 12.1 Å². The monoisotopic (exact) mass is 600 g/mol. The van der Waals surface area contributed by atoms with Gasteiger partial charge in [-0.2, -0.15) is 0 Å². The van der Waals surface area contributed by atoms with Gasteiger partial charge in [-0.05, 0) is 66.8 Å². The van der Waals surface area contributed by atoms with Crippen molar-refractivity contribution < 1.29 is 23.8 Å². The summed E-state index contributed by atoms with van der Waals surface area (Å²) in [6.07, 6.45) is 3.50. The second kappa shape index (κ2) is 13.0. The molecule has 5 rings (SSSR count). The van der Waals surface area contributed by atoms with Crippen molar-refractivity contribution in [2.24, 2.45) is 0 Å². The minimum atomic E-state index is -0.711. The van der Waals surface area contributed by atoms with Crippen LogP contribution in [0.1, 0.15) is 43.3 Å². The van der Waals surface area contributed by atoms with E-state index in [9.17, 15) is 14.4 Å². The Kier molecular flexibility index (Phi) is 8.98. The molecule has 0 saturated heterocycles. The van der Waals surface area contributed by atoms with Crippen LogP contribution in [0.15, 0.2) is 53.5 Å². The van der Waals surface area contributed by atoms with Crippen molar-refractivity contribution >= 4 is 23.1 Å². The highest BCUT2D eigenvalue weighted by Crippen LogP contribution is 2.50. The van der Waals surface area contributed by atoms with Crippen molar-refractivity contribution in [2.45, 2.75) is 45.2 Å². The van der Waals surface area contributed by atoms with Crippen molar-refractivity contribution in [3.8, 4) is 28.4 Å². The number of aryl methyl sites for hydroxylation is 1. The van der Waals surface area contributed by atoms with Gasteiger partial charge < -0.3 is 30.2 Å². The summed E-state index contributed by atoms with van der Waals surface area (Å²) >= 11 is 0. The van der Waals surface area contributed by atoms with E-state index in [-0.39, 0.29) is 22.9 Å². The number of hydrogen-bond donors (Lipinski definition) is 3. The van der Waals surface area contributed by atoms with Crippen LogP contribution in [0.25, 0.3) is 16.8 Å². The molecule has 0 fully saturated rings. The highest BCUT2D eigenvalue weighted by Gasteiger charge is 2.29. The van der Waals surface area contributed by atoms with Crippen LogP contribution in [0.4, 0.5) is 5.69 Å². The molecule has 44 heavy (non-hydrogen) atoms. The Morgan fingerprint density at radius 1 is 1.05 bits per heavy atom. The third-order valence-electron chi connectivity index (χ3n) is 7.71.